The Morgan fingerprint density at radius 1 is 0.974 bits per heavy atom. The summed E-state index contributed by atoms with van der Waals surface area (Å²) in [5, 5.41) is 2.68. The molecule has 2 heterocycles. The van der Waals surface area contributed by atoms with Gasteiger partial charge in [0, 0.05) is 17.8 Å². The van der Waals surface area contributed by atoms with Crippen LogP contribution in [0.1, 0.15) is 58.4 Å². The number of hydrogen-bond acceptors (Lipinski definition) is 4. The largest absolute Gasteiger partial charge is 0.490 e. The van der Waals surface area contributed by atoms with E-state index in [9.17, 15) is 22.8 Å². The molecule has 0 unspecified atom stereocenters. The van der Waals surface area contributed by atoms with Gasteiger partial charge < -0.3 is 19.7 Å². The Morgan fingerprint density at radius 3 is 2.39 bits per heavy atom. The molecule has 0 fully saturated rings. The molecule has 6 nitrogen and oxygen atoms in total. The van der Waals surface area contributed by atoms with Gasteiger partial charge in [-0.1, -0.05) is 24.3 Å². The molecule has 0 saturated carbocycles. The predicted molar refractivity (Wildman–Crippen MR) is 136 cm³/mol. The monoisotopic (exact) mass is 524 g/mol. The van der Waals surface area contributed by atoms with Crippen LogP contribution in [0.4, 0.5) is 18.9 Å². The van der Waals surface area contributed by atoms with Crippen molar-refractivity contribution in [3.05, 3.63) is 88.5 Å². The average Bonchev–Trinajstić information content (AvgIpc) is 2.89. The molecule has 198 valence electrons. The second-order valence-electron chi connectivity index (χ2n) is 9.19. The number of ether oxygens (including phenoxy) is 2. The minimum atomic E-state index is -4.54. The van der Waals surface area contributed by atoms with Gasteiger partial charge in [0.1, 0.15) is 0 Å². The van der Waals surface area contributed by atoms with E-state index in [1.807, 2.05) is 26.0 Å². The van der Waals surface area contributed by atoms with Gasteiger partial charge in [0.2, 0.25) is 5.91 Å². The fourth-order valence-electron chi connectivity index (χ4n) is 5.35. The average molecular weight is 525 g/mol. The molecule has 5 rings (SSSR count). The van der Waals surface area contributed by atoms with Crippen molar-refractivity contribution < 1.29 is 32.2 Å². The van der Waals surface area contributed by atoms with E-state index in [0.717, 1.165) is 23.3 Å². The van der Waals surface area contributed by atoms with Crippen LogP contribution in [-0.4, -0.2) is 36.5 Å². The Hall–Kier alpha value is -4.01. The number of halogens is 3. The van der Waals surface area contributed by atoms with Crippen molar-refractivity contribution in [3.8, 4) is 11.5 Å². The van der Waals surface area contributed by atoms with Crippen molar-refractivity contribution in [2.45, 2.75) is 38.4 Å². The molecule has 0 aliphatic carbocycles. The van der Waals surface area contributed by atoms with E-state index in [4.69, 9.17) is 9.47 Å². The van der Waals surface area contributed by atoms with Crippen molar-refractivity contribution in [1.82, 2.24) is 4.90 Å². The highest BCUT2D eigenvalue weighted by molar-refractivity contribution is 6.04. The molecule has 2 aliphatic heterocycles. The molecule has 3 aromatic carbocycles. The summed E-state index contributed by atoms with van der Waals surface area (Å²) >= 11 is 0. The molecule has 38 heavy (non-hydrogen) atoms. The summed E-state index contributed by atoms with van der Waals surface area (Å²) in [6.07, 6.45) is -3.98. The number of fused-ring (bicyclic) bond motifs is 4. The zero-order valence-corrected chi connectivity index (χ0v) is 21.0. The minimum Gasteiger partial charge on any atom is -0.490 e. The number of benzene rings is 3. The summed E-state index contributed by atoms with van der Waals surface area (Å²) in [5.41, 5.74) is 1.81. The second-order valence-corrected chi connectivity index (χ2v) is 9.19. The highest BCUT2D eigenvalue weighted by atomic mass is 19.4. The second kappa shape index (κ2) is 10.0. The summed E-state index contributed by atoms with van der Waals surface area (Å²) in [4.78, 5) is 29.1. The molecule has 9 heteroatoms. The van der Waals surface area contributed by atoms with Crippen molar-refractivity contribution in [2.24, 2.45) is 0 Å². The third kappa shape index (κ3) is 4.57. The van der Waals surface area contributed by atoms with Gasteiger partial charge in [-0.15, -0.1) is 0 Å². The zero-order chi connectivity index (χ0) is 27.0. The highest BCUT2D eigenvalue weighted by Gasteiger charge is 2.46. The summed E-state index contributed by atoms with van der Waals surface area (Å²) in [6, 6.07) is 14.5. The number of amides is 2. The van der Waals surface area contributed by atoms with Crippen LogP contribution in [0.25, 0.3) is 0 Å². The molecular formula is C29H27F3N2O4. The number of nitrogens with zero attached hydrogens (tertiary/aromatic N) is 1. The van der Waals surface area contributed by atoms with Gasteiger partial charge in [0.15, 0.2) is 11.5 Å². The molecule has 2 amide bonds. The van der Waals surface area contributed by atoms with E-state index in [1.165, 1.54) is 12.1 Å². The summed E-state index contributed by atoms with van der Waals surface area (Å²) in [5.74, 6) is -0.442. The Labute approximate surface area is 218 Å². The maximum atomic E-state index is 13.9. The van der Waals surface area contributed by atoms with Crippen LogP contribution in [-0.2, 0) is 17.4 Å². The molecule has 0 radical (unpaired) electrons. The normalized spacial score (nSPS) is 18.2. The quantitative estimate of drug-likeness (QED) is 0.431. The van der Waals surface area contributed by atoms with E-state index in [0.29, 0.717) is 48.8 Å². The molecule has 0 saturated heterocycles. The maximum Gasteiger partial charge on any atom is 0.416 e. The van der Waals surface area contributed by atoms with Gasteiger partial charge in [-0.2, -0.15) is 13.2 Å². The van der Waals surface area contributed by atoms with E-state index >= 15 is 0 Å². The number of hydrogen-bond donors (Lipinski definition) is 1. The number of alkyl halides is 3. The summed E-state index contributed by atoms with van der Waals surface area (Å²) in [7, 11) is 0. The molecule has 1 N–H and O–H groups in total. The predicted octanol–water partition coefficient (Wildman–Crippen LogP) is 5.98. The van der Waals surface area contributed by atoms with Gasteiger partial charge in [-0.05, 0) is 73.4 Å². The Kier molecular flexibility index (Phi) is 6.77. The molecule has 0 bridgehead atoms. The van der Waals surface area contributed by atoms with Gasteiger partial charge in [0.05, 0.1) is 30.7 Å². The van der Waals surface area contributed by atoms with E-state index < -0.39 is 29.6 Å². The Bertz CT molecular complexity index is 1390. The molecule has 0 aromatic heterocycles. The van der Waals surface area contributed by atoms with Gasteiger partial charge in [0.25, 0.3) is 5.91 Å². The molecule has 3 aromatic rings. The lowest BCUT2D eigenvalue weighted by Crippen LogP contribution is -2.49. The van der Waals surface area contributed by atoms with Crippen LogP contribution < -0.4 is 14.8 Å². The first-order valence-corrected chi connectivity index (χ1v) is 12.5. The van der Waals surface area contributed by atoms with Crippen molar-refractivity contribution in [1.29, 1.82) is 0 Å². The maximum absolute atomic E-state index is 13.9. The smallest absolute Gasteiger partial charge is 0.416 e. The minimum absolute atomic E-state index is 0.0310. The van der Waals surface area contributed by atoms with Crippen LogP contribution in [0.15, 0.2) is 60.7 Å². The number of rotatable bonds is 6. The highest BCUT2D eigenvalue weighted by Crippen LogP contribution is 2.48. The molecule has 2 atom stereocenters. The summed E-state index contributed by atoms with van der Waals surface area (Å²) in [6.45, 7) is 4.96. The molecular weight excluding hydrogens is 497 g/mol. The van der Waals surface area contributed by atoms with Gasteiger partial charge in [-0.25, -0.2) is 0 Å². The van der Waals surface area contributed by atoms with Crippen LogP contribution in [0.3, 0.4) is 0 Å². The molecule has 2 aliphatic rings. The first kappa shape index (κ1) is 25.6. The van der Waals surface area contributed by atoms with E-state index in [1.54, 1.807) is 29.2 Å². The first-order valence-electron chi connectivity index (χ1n) is 12.5. The lowest BCUT2D eigenvalue weighted by Gasteiger charge is -2.45. The van der Waals surface area contributed by atoms with Crippen LogP contribution in [0, 0.1) is 0 Å². The Balaban J connectivity index is 1.61. The van der Waals surface area contributed by atoms with Crippen LogP contribution >= 0.6 is 0 Å². The fourth-order valence-corrected chi connectivity index (χ4v) is 5.35. The lowest BCUT2D eigenvalue weighted by molar-refractivity contribution is -0.137. The SMILES string of the molecule is CCOc1cc2c(cc1OCC)[C@H]1[C@H](C(=O)Nc3cccc(C(F)(F)F)c3)c3ccccc3C(=O)N1CC2. The lowest BCUT2D eigenvalue weighted by atomic mass is 9.75. The van der Waals surface area contributed by atoms with Gasteiger partial charge >= 0.3 is 6.18 Å². The van der Waals surface area contributed by atoms with Crippen molar-refractivity contribution >= 4 is 17.5 Å². The Morgan fingerprint density at radius 2 is 1.68 bits per heavy atom. The third-order valence-electron chi connectivity index (χ3n) is 6.92. The zero-order valence-electron chi connectivity index (χ0n) is 21.0. The van der Waals surface area contributed by atoms with Crippen molar-refractivity contribution in [3.63, 3.8) is 0 Å². The van der Waals surface area contributed by atoms with Crippen LogP contribution in [0.5, 0.6) is 11.5 Å². The van der Waals surface area contributed by atoms with E-state index in [2.05, 4.69) is 5.32 Å². The number of anilines is 1. The third-order valence-corrected chi connectivity index (χ3v) is 6.92. The summed E-state index contributed by atoms with van der Waals surface area (Å²) < 4.78 is 51.5. The number of carbonyl (C=O) groups is 2. The fraction of sp³-hybridized carbons (Fsp3) is 0.310. The van der Waals surface area contributed by atoms with Gasteiger partial charge in [-0.3, -0.25) is 9.59 Å². The first-order chi connectivity index (χ1) is 18.2. The topological polar surface area (TPSA) is 67.9 Å². The van der Waals surface area contributed by atoms with Crippen LogP contribution in [0.2, 0.25) is 0 Å². The number of nitrogens with one attached hydrogen (secondary N) is 1. The molecule has 0 spiro atoms. The van der Waals surface area contributed by atoms with E-state index in [-0.39, 0.29) is 11.6 Å². The standard InChI is InChI=1S/C29H27F3N2O4/c1-3-37-23-14-17-12-13-34-26(22(17)16-24(23)38-4-2)25(20-10-5-6-11-21(20)28(34)36)27(35)33-19-9-7-8-18(15-19)29(30,31)32/h5-11,14-16,25-26H,3-4,12-13H2,1-2H3,(H,33,35)/t25-,26+/m1/s1. The number of carbonyl (C=O) groups excluding carboxylic acids is 2. The van der Waals surface area contributed by atoms with Crippen molar-refractivity contribution in [2.75, 3.05) is 25.1 Å².